The Morgan fingerprint density at radius 3 is 2.46 bits per heavy atom. The van der Waals surface area contributed by atoms with Crippen molar-refractivity contribution in [1.29, 1.82) is 0 Å². The zero-order valence-corrected chi connectivity index (χ0v) is 7.85. The van der Waals surface area contributed by atoms with Gasteiger partial charge in [0.25, 0.3) is 0 Å². The molecule has 6 heteroatoms. The van der Waals surface area contributed by atoms with E-state index in [1.165, 1.54) is 6.20 Å². The Hall–Kier alpha value is -0.620. The first kappa shape index (κ1) is 10.5. The summed E-state index contributed by atoms with van der Waals surface area (Å²) < 4.78 is 36.6. The van der Waals surface area contributed by atoms with Gasteiger partial charge in [0.15, 0.2) is 0 Å². The second-order valence-electron chi connectivity index (χ2n) is 2.29. The van der Waals surface area contributed by atoms with Gasteiger partial charge in [-0.3, -0.25) is 0 Å². The summed E-state index contributed by atoms with van der Waals surface area (Å²) in [5, 5.41) is 8.66. The summed E-state index contributed by atoms with van der Waals surface area (Å²) in [5.41, 5.74) is -1.10. The number of hydrogen-bond donors (Lipinski definition) is 1. The molecule has 0 radical (unpaired) electrons. The molecule has 1 aromatic heterocycles. The van der Waals surface area contributed by atoms with Gasteiger partial charge < -0.3 is 5.11 Å². The Kier molecular flexibility index (Phi) is 2.92. The molecule has 0 bridgehead atoms. The van der Waals surface area contributed by atoms with Crippen LogP contribution in [0.25, 0.3) is 0 Å². The molecular formula is C7H5BrF3NO. The van der Waals surface area contributed by atoms with Crippen LogP contribution in [-0.4, -0.2) is 10.1 Å². The molecule has 0 unspecified atom stereocenters. The summed E-state index contributed by atoms with van der Waals surface area (Å²) in [6, 6.07) is 1.13. The molecule has 0 saturated carbocycles. The van der Waals surface area contributed by atoms with E-state index in [-0.39, 0.29) is 10.2 Å². The van der Waals surface area contributed by atoms with E-state index < -0.39 is 18.3 Å². The molecule has 1 heterocycles. The van der Waals surface area contributed by atoms with E-state index >= 15 is 0 Å². The summed E-state index contributed by atoms with van der Waals surface area (Å²) >= 11 is 2.68. The van der Waals surface area contributed by atoms with Gasteiger partial charge in [0.2, 0.25) is 0 Å². The van der Waals surface area contributed by atoms with Crippen LogP contribution in [-0.2, 0) is 12.8 Å². The zero-order valence-electron chi connectivity index (χ0n) is 6.27. The largest absolute Gasteiger partial charge is 0.419 e. The van der Waals surface area contributed by atoms with Crippen LogP contribution in [0.4, 0.5) is 13.2 Å². The number of pyridine rings is 1. The van der Waals surface area contributed by atoms with E-state index in [0.29, 0.717) is 0 Å². The molecule has 0 aliphatic carbocycles. The van der Waals surface area contributed by atoms with Crippen LogP contribution in [0.1, 0.15) is 11.1 Å². The van der Waals surface area contributed by atoms with Gasteiger partial charge in [-0.15, -0.1) is 0 Å². The van der Waals surface area contributed by atoms with Crippen molar-refractivity contribution in [3.63, 3.8) is 0 Å². The number of aliphatic hydroxyl groups excluding tert-OH is 1. The average Bonchev–Trinajstić information content (AvgIpc) is 2.01. The van der Waals surface area contributed by atoms with Gasteiger partial charge in [-0.05, 0) is 27.6 Å². The molecule has 0 aliphatic heterocycles. The predicted molar refractivity (Wildman–Crippen MR) is 42.9 cm³/mol. The second-order valence-corrected chi connectivity index (χ2v) is 3.04. The maximum absolute atomic E-state index is 12.3. The fourth-order valence-electron chi connectivity index (χ4n) is 0.904. The molecule has 72 valence electrons. The number of halogens is 4. The van der Waals surface area contributed by atoms with Gasteiger partial charge in [-0.1, -0.05) is 0 Å². The van der Waals surface area contributed by atoms with E-state index in [1.54, 1.807) is 0 Å². The highest BCUT2D eigenvalue weighted by molar-refractivity contribution is 9.10. The number of alkyl halides is 3. The fraction of sp³-hybridized carbons (Fsp3) is 0.286. The molecule has 0 saturated heterocycles. The van der Waals surface area contributed by atoms with Crippen molar-refractivity contribution < 1.29 is 18.3 Å². The summed E-state index contributed by atoms with van der Waals surface area (Å²) in [5.74, 6) is 0. The van der Waals surface area contributed by atoms with Gasteiger partial charge in [0.1, 0.15) is 4.60 Å². The van der Waals surface area contributed by atoms with Crippen LogP contribution in [0.5, 0.6) is 0 Å². The number of aliphatic hydroxyl groups is 1. The Labute approximate surface area is 80.5 Å². The highest BCUT2D eigenvalue weighted by atomic mass is 79.9. The van der Waals surface area contributed by atoms with Gasteiger partial charge in [-0.25, -0.2) is 4.98 Å². The maximum atomic E-state index is 12.3. The average molecular weight is 256 g/mol. The molecular weight excluding hydrogens is 251 g/mol. The molecule has 1 rings (SSSR count). The van der Waals surface area contributed by atoms with Crippen molar-refractivity contribution in [3.8, 4) is 0 Å². The lowest BCUT2D eigenvalue weighted by atomic mass is 10.1. The van der Waals surface area contributed by atoms with Crippen molar-refractivity contribution >= 4 is 15.9 Å². The third kappa shape index (κ3) is 2.19. The molecule has 0 aromatic carbocycles. The molecule has 13 heavy (non-hydrogen) atoms. The quantitative estimate of drug-likeness (QED) is 0.782. The third-order valence-corrected chi connectivity index (χ3v) is 2.05. The zero-order chi connectivity index (χ0) is 10.1. The summed E-state index contributed by atoms with van der Waals surface area (Å²) in [6.45, 7) is -0.657. The smallest absolute Gasteiger partial charge is 0.392 e. The van der Waals surface area contributed by atoms with Crippen molar-refractivity contribution in [2.75, 3.05) is 0 Å². The highest BCUT2D eigenvalue weighted by Crippen LogP contribution is 2.36. The van der Waals surface area contributed by atoms with Crippen LogP contribution in [0.3, 0.4) is 0 Å². The summed E-state index contributed by atoms with van der Waals surface area (Å²) in [4.78, 5) is 3.44. The molecule has 0 aliphatic rings. The van der Waals surface area contributed by atoms with E-state index in [4.69, 9.17) is 5.11 Å². The minimum absolute atomic E-state index is 0.186. The van der Waals surface area contributed by atoms with Gasteiger partial charge >= 0.3 is 6.18 Å². The van der Waals surface area contributed by atoms with Gasteiger partial charge in [0.05, 0.1) is 12.2 Å². The fourth-order valence-corrected chi connectivity index (χ4v) is 1.50. The summed E-state index contributed by atoms with van der Waals surface area (Å²) in [6.07, 6.45) is -3.30. The van der Waals surface area contributed by atoms with Crippen LogP contribution in [0.15, 0.2) is 16.9 Å². The van der Waals surface area contributed by atoms with E-state index in [2.05, 4.69) is 20.9 Å². The third-order valence-electron chi connectivity index (χ3n) is 1.44. The molecule has 2 nitrogen and oxygen atoms in total. The van der Waals surface area contributed by atoms with Crippen molar-refractivity contribution in [3.05, 3.63) is 28.0 Å². The predicted octanol–water partition coefficient (Wildman–Crippen LogP) is 2.36. The Morgan fingerprint density at radius 1 is 1.46 bits per heavy atom. The first-order valence-corrected chi connectivity index (χ1v) is 4.07. The lowest BCUT2D eigenvalue weighted by molar-refractivity contribution is -0.139. The lowest BCUT2D eigenvalue weighted by Gasteiger charge is -2.11. The van der Waals surface area contributed by atoms with Crippen molar-refractivity contribution in [2.45, 2.75) is 12.8 Å². The Balaban J connectivity index is 3.32. The first-order valence-electron chi connectivity index (χ1n) is 3.28. The maximum Gasteiger partial charge on any atom is 0.419 e. The molecule has 1 N–H and O–H groups in total. The number of aromatic nitrogens is 1. The number of hydrogen-bond acceptors (Lipinski definition) is 2. The molecule has 0 spiro atoms. The Morgan fingerprint density at radius 2 is 2.08 bits per heavy atom. The van der Waals surface area contributed by atoms with Crippen LogP contribution in [0.2, 0.25) is 0 Å². The van der Waals surface area contributed by atoms with E-state index in [1.807, 2.05) is 0 Å². The molecule has 1 aromatic rings. The van der Waals surface area contributed by atoms with E-state index in [9.17, 15) is 13.2 Å². The van der Waals surface area contributed by atoms with Gasteiger partial charge in [0, 0.05) is 6.20 Å². The first-order chi connectivity index (χ1) is 5.96. The normalized spacial score (nSPS) is 11.8. The van der Waals surface area contributed by atoms with E-state index in [0.717, 1.165) is 6.07 Å². The Bertz CT molecular complexity index is 313. The molecule has 0 atom stereocenters. The topological polar surface area (TPSA) is 33.1 Å². The monoisotopic (exact) mass is 255 g/mol. The SMILES string of the molecule is OCc1ccnc(Br)c1C(F)(F)F. The minimum atomic E-state index is -4.49. The van der Waals surface area contributed by atoms with Gasteiger partial charge in [-0.2, -0.15) is 13.2 Å². The van der Waals surface area contributed by atoms with Crippen molar-refractivity contribution in [2.24, 2.45) is 0 Å². The standard InChI is InChI=1S/C7H5BrF3NO/c8-6-5(7(9,10)11)4(3-13)1-2-12-6/h1-2,13H,3H2. The van der Waals surface area contributed by atoms with Crippen LogP contribution in [0, 0.1) is 0 Å². The summed E-state index contributed by atoms with van der Waals surface area (Å²) in [7, 11) is 0. The highest BCUT2D eigenvalue weighted by Gasteiger charge is 2.36. The lowest BCUT2D eigenvalue weighted by Crippen LogP contribution is -2.11. The number of rotatable bonds is 1. The molecule has 0 fully saturated rings. The van der Waals surface area contributed by atoms with Crippen LogP contribution >= 0.6 is 15.9 Å². The van der Waals surface area contributed by atoms with Crippen LogP contribution < -0.4 is 0 Å². The molecule has 0 amide bonds. The number of nitrogens with zero attached hydrogens (tertiary/aromatic N) is 1. The second kappa shape index (κ2) is 3.63. The minimum Gasteiger partial charge on any atom is -0.392 e. The van der Waals surface area contributed by atoms with Crippen molar-refractivity contribution in [1.82, 2.24) is 4.98 Å².